The van der Waals surface area contributed by atoms with Crippen LogP contribution in [0.1, 0.15) is 5.56 Å². The third-order valence-corrected chi connectivity index (χ3v) is 4.66. The Bertz CT molecular complexity index is 901. The van der Waals surface area contributed by atoms with Crippen molar-refractivity contribution in [2.24, 2.45) is 0 Å². The van der Waals surface area contributed by atoms with E-state index in [1.807, 2.05) is 41.3 Å². The van der Waals surface area contributed by atoms with Crippen LogP contribution in [0, 0.1) is 0 Å². The van der Waals surface area contributed by atoms with Gasteiger partial charge in [0.25, 0.3) is 5.91 Å². The summed E-state index contributed by atoms with van der Waals surface area (Å²) in [4.78, 5) is 26.4. The maximum Gasteiger partial charge on any atom is 0.262 e. The average Bonchev–Trinajstić information content (AvgIpc) is 3.19. The van der Waals surface area contributed by atoms with Crippen molar-refractivity contribution in [3.8, 4) is 17.2 Å². The molecule has 0 saturated heterocycles. The van der Waals surface area contributed by atoms with E-state index in [9.17, 15) is 9.59 Å². The van der Waals surface area contributed by atoms with E-state index >= 15 is 0 Å². The topological polar surface area (TPSA) is 89.1 Å². The second-order valence-electron chi connectivity index (χ2n) is 6.53. The van der Waals surface area contributed by atoms with Crippen molar-refractivity contribution < 1.29 is 23.8 Å². The van der Waals surface area contributed by atoms with Gasteiger partial charge in [0.15, 0.2) is 17.6 Å². The second kappa shape index (κ2) is 7.67. The zero-order chi connectivity index (χ0) is 19.5. The van der Waals surface area contributed by atoms with Crippen LogP contribution >= 0.6 is 0 Å². The minimum Gasteiger partial charge on any atom is -0.477 e. The van der Waals surface area contributed by atoms with Crippen LogP contribution in [0.25, 0.3) is 0 Å². The van der Waals surface area contributed by atoms with Crippen LogP contribution in [0.3, 0.4) is 0 Å². The first kappa shape index (κ1) is 18.0. The number of likely N-dealkylation sites (N-methyl/N-ethyl adjacent to an activating group) is 1. The molecule has 0 fully saturated rings. The fourth-order valence-corrected chi connectivity index (χ4v) is 3.24. The van der Waals surface area contributed by atoms with E-state index in [-0.39, 0.29) is 25.2 Å². The number of carbonyl (C=O) groups is 2. The van der Waals surface area contributed by atoms with E-state index in [0.29, 0.717) is 30.3 Å². The first-order chi connectivity index (χ1) is 13.6. The van der Waals surface area contributed by atoms with Gasteiger partial charge in [0.1, 0.15) is 5.75 Å². The fourth-order valence-electron chi connectivity index (χ4n) is 3.24. The Morgan fingerprint density at radius 3 is 2.79 bits per heavy atom. The number of carbonyl (C=O) groups excluding carboxylic acids is 2. The maximum absolute atomic E-state index is 12.5. The Balaban J connectivity index is 1.41. The number of hydrogen-bond acceptors (Lipinski definition) is 6. The van der Waals surface area contributed by atoms with E-state index in [2.05, 4.69) is 10.6 Å². The number of amides is 2. The summed E-state index contributed by atoms with van der Waals surface area (Å²) in [5.74, 6) is 1.61. The highest BCUT2D eigenvalue weighted by Gasteiger charge is 2.30. The van der Waals surface area contributed by atoms with Crippen molar-refractivity contribution in [1.82, 2.24) is 10.6 Å². The number of nitrogens with one attached hydrogen (secondary N) is 2. The second-order valence-corrected chi connectivity index (χ2v) is 6.53. The molecule has 0 aromatic heterocycles. The van der Waals surface area contributed by atoms with Crippen molar-refractivity contribution in [2.45, 2.75) is 12.6 Å². The van der Waals surface area contributed by atoms with Crippen LogP contribution in [-0.2, 0) is 16.1 Å². The van der Waals surface area contributed by atoms with Crippen molar-refractivity contribution in [3.05, 3.63) is 48.0 Å². The summed E-state index contributed by atoms with van der Waals surface area (Å²) < 4.78 is 16.4. The van der Waals surface area contributed by atoms with Gasteiger partial charge in [0, 0.05) is 13.6 Å². The Labute approximate surface area is 162 Å². The van der Waals surface area contributed by atoms with Gasteiger partial charge < -0.3 is 29.7 Å². The van der Waals surface area contributed by atoms with Crippen LogP contribution < -0.4 is 29.7 Å². The highest BCUT2D eigenvalue weighted by Crippen LogP contribution is 2.33. The smallest absolute Gasteiger partial charge is 0.262 e. The summed E-state index contributed by atoms with van der Waals surface area (Å²) in [6, 6.07) is 13.0. The molecule has 0 spiro atoms. The fraction of sp³-hybridized carbons (Fsp3) is 0.300. The van der Waals surface area contributed by atoms with E-state index in [0.717, 1.165) is 11.3 Å². The molecule has 0 radical (unpaired) electrons. The van der Waals surface area contributed by atoms with E-state index in [4.69, 9.17) is 14.2 Å². The van der Waals surface area contributed by atoms with Gasteiger partial charge in [-0.25, -0.2) is 0 Å². The lowest BCUT2D eigenvalue weighted by Crippen LogP contribution is -2.50. The third-order valence-electron chi connectivity index (χ3n) is 4.66. The van der Waals surface area contributed by atoms with Crippen LogP contribution in [0.4, 0.5) is 5.69 Å². The van der Waals surface area contributed by atoms with Crippen LogP contribution in [0.15, 0.2) is 42.5 Å². The lowest BCUT2D eigenvalue weighted by molar-refractivity contribution is -0.127. The van der Waals surface area contributed by atoms with Gasteiger partial charge >= 0.3 is 0 Å². The molecule has 0 unspecified atom stereocenters. The number of nitrogens with zero attached hydrogens (tertiary/aromatic N) is 1. The summed E-state index contributed by atoms with van der Waals surface area (Å²) in [5.41, 5.74) is 1.71. The Hall–Kier alpha value is -3.42. The Morgan fingerprint density at radius 1 is 1.11 bits per heavy atom. The summed E-state index contributed by atoms with van der Waals surface area (Å²) in [6.45, 7) is 1.01. The number of rotatable bonds is 5. The van der Waals surface area contributed by atoms with Gasteiger partial charge in [-0.05, 0) is 29.8 Å². The Kier molecular flexibility index (Phi) is 4.92. The lowest BCUT2D eigenvalue weighted by atomic mass is 10.1. The number of benzene rings is 2. The molecule has 2 N–H and O–H groups in total. The normalized spacial score (nSPS) is 16.8. The maximum atomic E-state index is 12.5. The zero-order valence-corrected chi connectivity index (χ0v) is 15.4. The van der Waals surface area contributed by atoms with Gasteiger partial charge in [-0.3, -0.25) is 9.59 Å². The molecule has 1 atom stereocenters. The first-order valence-electron chi connectivity index (χ1n) is 9.01. The molecule has 8 nitrogen and oxygen atoms in total. The van der Waals surface area contributed by atoms with Crippen LogP contribution in [0.5, 0.6) is 17.2 Å². The van der Waals surface area contributed by atoms with Gasteiger partial charge in [-0.1, -0.05) is 18.2 Å². The minimum absolute atomic E-state index is 0.123. The average molecular weight is 383 g/mol. The summed E-state index contributed by atoms with van der Waals surface area (Å²) in [6.07, 6.45) is -0.665. The van der Waals surface area contributed by atoms with Gasteiger partial charge in [0.05, 0.1) is 18.8 Å². The summed E-state index contributed by atoms with van der Waals surface area (Å²) >= 11 is 0. The van der Waals surface area contributed by atoms with E-state index in [1.165, 1.54) is 0 Å². The predicted octanol–water partition coefficient (Wildman–Crippen LogP) is 1.05. The third kappa shape index (κ3) is 3.66. The van der Waals surface area contributed by atoms with Crippen molar-refractivity contribution in [2.75, 3.05) is 31.8 Å². The van der Waals surface area contributed by atoms with E-state index < -0.39 is 6.10 Å². The monoisotopic (exact) mass is 383 g/mol. The van der Waals surface area contributed by atoms with Gasteiger partial charge in [0.2, 0.25) is 12.7 Å². The van der Waals surface area contributed by atoms with Crippen molar-refractivity contribution in [1.29, 1.82) is 0 Å². The SMILES string of the molecule is CNC(=O)[C@@H]1CN(CC(=O)NCc2ccc3c(c2)OCO3)c2ccccc2O1. The van der Waals surface area contributed by atoms with Gasteiger partial charge in [-0.15, -0.1) is 0 Å². The van der Waals surface area contributed by atoms with Gasteiger partial charge in [-0.2, -0.15) is 0 Å². The number of anilines is 1. The first-order valence-corrected chi connectivity index (χ1v) is 9.01. The van der Waals surface area contributed by atoms with Crippen LogP contribution in [-0.4, -0.2) is 44.8 Å². The molecular formula is C20H21N3O5. The molecule has 2 aliphatic rings. The van der Waals surface area contributed by atoms with Crippen molar-refractivity contribution in [3.63, 3.8) is 0 Å². The lowest BCUT2D eigenvalue weighted by Gasteiger charge is -2.35. The highest BCUT2D eigenvalue weighted by atomic mass is 16.7. The number of hydrogen-bond donors (Lipinski definition) is 2. The number of para-hydroxylation sites is 2. The zero-order valence-electron chi connectivity index (χ0n) is 15.4. The molecular weight excluding hydrogens is 362 g/mol. The molecule has 2 aromatic carbocycles. The summed E-state index contributed by atoms with van der Waals surface area (Å²) in [5, 5.41) is 5.50. The van der Waals surface area contributed by atoms with Crippen molar-refractivity contribution >= 4 is 17.5 Å². The molecule has 2 amide bonds. The molecule has 146 valence electrons. The number of fused-ring (bicyclic) bond motifs is 2. The Morgan fingerprint density at radius 2 is 1.93 bits per heavy atom. The molecule has 2 aliphatic heterocycles. The van der Waals surface area contributed by atoms with Crippen LogP contribution in [0.2, 0.25) is 0 Å². The molecule has 0 bridgehead atoms. The quantitative estimate of drug-likeness (QED) is 0.802. The minimum atomic E-state index is -0.665. The predicted molar refractivity (Wildman–Crippen MR) is 102 cm³/mol. The molecule has 2 aromatic rings. The highest BCUT2D eigenvalue weighted by molar-refractivity contribution is 5.86. The van der Waals surface area contributed by atoms with E-state index in [1.54, 1.807) is 13.1 Å². The molecule has 0 saturated carbocycles. The molecule has 4 rings (SSSR count). The summed E-state index contributed by atoms with van der Waals surface area (Å²) in [7, 11) is 1.56. The molecule has 0 aliphatic carbocycles. The largest absolute Gasteiger partial charge is 0.477 e. The molecule has 8 heteroatoms. The number of ether oxygens (including phenoxy) is 3. The molecule has 2 heterocycles. The molecule has 28 heavy (non-hydrogen) atoms. The standard InChI is InChI=1S/C20H21N3O5/c1-21-20(25)18-10-23(14-4-2-3-5-15(14)28-18)11-19(24)22-9-13-6-7-16-17(8-13)27-12-26-16/h2-8,18H,9-12H2,1H3,(H,21,25)(H,22,24)/t18-/m0/s1.